The summed E-state index contributed by atoms with van der Waals surface area (Å²) in [4.78, 5) is 19.7. The molecule has 4 aromatic rings. The van der Waals surface area contributed by atoms with Crippen LogP contribution in [0.1, 0.15) is 53.9 Å². The summed E-state index contributed by atoms with van der Waals surface area (Å²) < 4.78 is 11.8. The van der Waals surface area contributed by atoms with E-state index in [0.29, 0.717) is 11.9 Å². The van der Waals surface area contributed by atoms with Gasteiger partial charge in [0.05, 0.1) is 5.52 Å². The molecule has 2 aliphatic heterocycles. The first-order chi connectivity index (χ1) is 19.4. The number of unbranched alkanes of at least 4 members (excludes halogenated alkanes) is 1. The van der Waals surface area contributed by atoms with Crippen LogP contribution in [0.25, 0.3) is 22.2 Å². The summed E-state index contributed by atoms with van der Waals surface area (Å²) >= 11 is 6.31. The number of likely N-dealkylation sites (N-methyl/N-ethyl adjacent to an activating group) is 1. The summed E-state index contributed by atoms with van der Waals surface area (Å²) in [6, 6.07) is 15.8. The van der Waals surface area contributed by atoms with Gasteiger partial charge in [-0.25, -0.2) is 4.98 Å². The van der Waals surface area contributed by atoms with Crippen LogP contribution < -0.4 is 15.4 Å². The Morgan fingerprint density at radius 1 is 1.05 bits per heavy atom. The third kappa shape index (κ3) is 6.87. The second-order valence-electron chi connectivity index (χ2n) is 10.1. The minimum Gasteiger partial charge on any atom is -0.450 e. The first-order valence-corrected chi connectivity index (χ1v) is 16.2. The fourth-order valence-corrected chi connectivity index (χ4v) is 6.89. The van der Waals surface area contributed by atoms with E-state index in [2.05, 4.69) is 36.3 Å². The van der Waals surface area contributed by atoms with Crippen LogP contribution in [0, 0.1) is 13.8 Å². The van der Waals surface area contributed by atoms with Crippen molar-refractivity contribution in [2.24, 2.45) is 0 Å². The molecule has 0 amide bonds. The Morgan fingerprint density at radius 2 is 1.82 bits per heavy atom. The van der Waals surface area contributed by atoms with Crippen LogP contribution in [0.5, 0.6) is 5.75 Å². The monoisotopic (exact) mass is 578 g/mol. The molecule has 6 nitrogen and oxygen atoms in total. The van der Waals surface area contributed by atoms with Crippen molar-refractivity contribution in [1.29, 1.82) is 0 Å². The minimum atomic E-state index is -1.48. The van der Waals surface area contributed by atoms with Crippen molar-refractivity contribution in [2.45, 2.75) is 47.0 Å². The van der Waals surface area contributed by atoms with E-state index in [9.17, 15) is 4.79 Å². The Kier molecular flexibility index (Phi) is 10.3. The highest BCUT2D eigenvalue weighted by molar-refractivity contribution is 7.83. The molecular weight excluding hydrogens is 541 g/mol. The molecule has 40 heavy (non-hydrogen) atoms. The number of benzene rings is 2. The van der Waals surface area contributed by atoms with Gasteiger partial charge in [-0.3, -0.25) is 9.78 Å². The van der Waals surface area contributed by atoms with Crippen LogP contribution in [0.4, 0.5) is 0 Å². The van der Waals surface area contributed by atoms with Crippen molar-refractivity contribution in [3.63, 3.8) is 0 Å². The predicted molar refractivity (Wildman–Crippen MR) is 168 cm³/mol. The van der Waals surface area contributed by atoms with Gasteiger partial charge in [0.25, 0.3) is 7.49 Å². The van der Waals surface area contributed by atoms with Gasteiger partial charge in [-0.15, -0.1) is 0 Å². The highest BCUT2D eigenvalue weighted by Crippen LogP contribution is 2.76. The van der Waals surface area contributed by atoms with Gasteiger partial charge in [-0.05, 0) is 56.3 Å². The number of carbonyl (C=O) groups is 1. The lowest BCUT2D eigenvalue weighted by Crippen LogP contribution is -2.13. The van der Waals surface area contributed by atoms with Crippen LogP contribution in [0.2, 0.25) is 5.02 Å². The lowest BCUT2D eigenvalue weighted by Gasteiger charge is -2.09. The van der Waals surface area contributed by atoms with E-state index in [4.69, 9.17) is 25.8 Å². The number of nitrogens with one attached hydrogen (secondary N) is 1. The minimum absolute atomic E-state index is 0.687. The Bertz CT molecular complexity index is 1490. The maximum absolute atomic E-state index is 10.6. The number of rotatable bonds is 6. The van der Waals surface area contributed by atoms with Crippen LogP contribution in [0.15, 0.2) is 54.7 Å². The summed E-state index contributed by atoms with van der Waals surface area (Å²) in [6.45, 7) is 9.22. The molecule has 0 aliphatic carbocycles. The molecule has 210 valence electrons. The topological polar surface area (TPSA) is 76.6 Å². The van der Waals surface area contributed by atoms with Crippen molar-refractivity contribution in [2.75, 3.05) is 26.3 Å². The SMILES string of the molecule is CCCC.CNCCc1cc2c(c(-c3ccc(C)c(Cl)c3)n1)OC[P+]21CO1.Cc1cc(C=O)cc2cccnc12. The molecule has 2 aliphatic rings. The van der Waals surface area contributed by atoms with Gasteiger partial charge in [0, 0.05) is 52.5 Å². The maximum atomic E-state index is 10.6. The van der Waals surface area contributed by atoms with Crippen molar-refractivity contribution < 1.29 is 14.1 Å². The first-order valence-electron chi connectivity index (χ1n) is 13.8. The van der Waals surface area contributed by atoms with Gasteiger partial charge in [-0.2, -0.15) is 4.52 Å². The smallest absolute Gasteiger partial charge is 0.255 e. The summed E-state index contributed by atoms with van der Waals surface area (Å²) in [7, 11) is 0.477. The molecule has 2 aromatic carbocycles. The summed E-state index contributed by atoms with van der Waals surface area (Å²) in [6.07, 6.45) is 7.67. The number of carbonyl (C=O) groups excluding carboxylic acids is 1. The van der Waals surface area contributed by atoms with Gasteiger partial charge in [0.1, 0.15) is 12.0 Å². The van der Waals surface area contributed by atoms with E-state index in [0.717, 1.165) is 75.4 Å². The molecule has 0 bridgehead atoms. The zero-order valence-electron chi connectivity index (χ0n) is 24.0. The molecule has 1 spiro atoms. The number of aromatic nitrogens is 2. The molecule has 6 rings (SSSR count). The Balaban J connectivity index is 0.000000183. The molecule has 1 atom stereocenters. The average molecular weight is 579 g/mol. The van der Waals surface area contributed by atoms with Gasteiger partial charge >= 0.3 is 0 Å². The van der Waals surface area contributed by atoms with E-state index in [1.54, 1.807) is 6.20 Å². The van der Waals surface area contributed by atoms with E-state index in [1.807, 2.05) is 57.3 Å². The normalized spacial score (nSPS) is 16.4. The summed E-state index contributed by atoms with van der Waals surface area (Å²) in [5, 5.41) is 6.19. The second kappa shape index (κ2) is 13.6. The summed E-state index contributed by atoms with van der Waals surface area (Å²) in [5.41, 5.74) is 6.75. The fourth-order valence-electron chi connectivity index (χ4n) is 4.33. The largest absolute Gasteiger partial charge is 0.450 e. The number of halogens is 1. The number of ether oxygens (including phenoxy) is 1. The lowest BCUT2D eigenvalue weighted by atomic mass is 10.1. The third-order valence-corrected chi connectivity index (χ3v) is 9.98. The molecule has 1 N–H and O–H groups in total. The second-order valence-corrected chi connectivity index (χ2v) is 13.5. The Hall–Kier alpha value is -2.89. The lowest BCUT2D eigenvalue weighted by molar-refractivity contribution is 0.112. The van der Waals surface area contributed by atoms with E-state index < -0.39 is 7.49 Å². The molecular formula is C32H38ClN3O3P+. The van der Waals surface area contributed by atoms with Crippen molar-refractivity contribution >= 4 is 41.6 Å². The number of aldehydes is 1. The standard InChI is InChI=1S/C17H19ClN2O2P.C11H9NO.C4H10/c1-11-3-4-12(7-14(11)18)16-17-15(23(9-21-17)10-22-23)8-13(20-16)5-6-19-2;1-8-5-9(7-13)6-10-3-2-4-12-11(8)10;1-3-4-2/h3-4,7-8,19H,5-6,9-10H2,1-2H3;2-7H,1H3;3-4H2,1-2H3/q+1;;. The van der Waals surface area contributed by atoms with Crippen LogP contribution >= 0.6 is 19.1 Å². The number of hydrogen-bond donors (Lipinski definition) is 1. The van der Waals surface area contributed by atoms with Gasteiger partial charge < -0.3 is 10.1 Å². The van der Waals surface area contributed by atoms with Gasteiger partial charge in [0.2, 0.25) is 12.7 Å². The van der Waals surface area contributed by atoms with Crippen molar-refractivity contribution in [3.05, 3.63) is 82.1 Å². The van der Waals surface area contributed by atoms with Crippen LogP contribution in [-0.4, -0.2) is 42.5 Å². The number of aryl methyl sites for hydroxylation is 2. The average Bonchev–Trinajstić information content (AvgIpc) is 3.68. The van der Waals surface area contributed by atoms with Crippen molar-refractivity contribution in [1.82, 2.24) is 15.3 Å². The molecule has 4 heterocycles. The van der Waals surface area contributed by atoms with E-state index >= 15 is 0 Å². The fraction of sp³-hybridized carbons (Fsp3) is 0.344. The molecule has 2 aromatic heterocycles. The number of nitrogens with zero attached hydrogens (tertiary/aromatic N) is 2. The number of fused-ring (bicyclic) bond motifs is 3. The first kappa shape index (κ1) is 30.1. The zero-order chi connectivity index (χ0) is 28.7. The molecule has 1 unspecified atom stereocenters. The molecule has 8 heteroatoms. The number of pyridine rings is 2. The Labute approximate surface area is 242 Å². The van der Waals surface area contributed by atoms with Crippen LogP contribution in [-0.2, 0) is 10.9 Å². The molecule has 0 saturated carbocycles. The quantitative estimate of drug-likeness (QED) is 0.145. The maximum Gasteiger partial charge on any atom is 0.255 e. The highest BCUT2D eigenvalue weighted by Gasteiger charge is 2.65. The highest BCUT2D eigenvalue weighted by atomic mass is 35.5. The third-order valence-electron chi connectivity index (χ3n) is 6.93. The summed E-state index contributed by atoms with van der Waals surface area (Å²) in [5.74, 6) is 0.893. The molecule has 1 fully saturated rings. The van der Waals surface area contributed by atoms with Gasteiger partial charge in [-0.1, -0.05) is 56.5 Å². The predicted octanol–water partition coefficient (Wildman–Crippen LogP) is 7.53. The van der Waals surface area contributed by atoms with E-state index in [-0.39, 0.29) is 0 Å². The Morgan fingerprint density at radius 3 is 2.48 bits per heavy atom. The van der Waals surface area contributed by atoms with Crippen LogP contribution in [0.3, 0.4) is 0 Å². The van der Waals surface area contributed by atoms with Crippen molar-refractivity contribution in [3.8, 4) is 17.0 Å². The van der Waals surface area contributed by atoms with Gasteiger partial charge in [0.15, 0.2) is 11.1 Å². The number of hydrogen-bond acceptors (Lipinski definition) is 6. The molecule has 1 saturated heterocycles. The zero-order valence-corrected chi connectivity index (χ0v) is 25.6. The van der Waals surface area contributed by atoms with E-state index in [1.165, 1.54) is 18.1 Å². The molecule has 0 radical (unpaired) electrons.